The molecule has 0 radical (unpaired) electrons. The van der Waals surface area contributed by atoms with Crippen LogP contribution < -0.4 is 11.1 Å². The van der Waals surface area contributed by atoms with Crippen LogP contribution in [0.25, 0.3) is 0 Å². The maximum absolute atomic E-state index is 13.0. The van der Waals surface area contributed by atoms with Crippen LogP contribution in [0.15, 0.2) is 24.3 Å². The highest BCUT2D eigenvalue weighted by Gasteiger charge is 2.10. The van der Waals surface area contributed by atoms with Crippen LogP contribution in [-0.4, -0.2) is 18.5 Å². The summed E-state index contributed by atoms with van der Waals surface area (Å²) >= 11 is 0. The highest BCUT2D eigenvalue weighted by Crippen LogP contribution is 2.12. The molecule has 0 aliphatic carbocycles. The van der Waals surface area contributed by atoms with Crippen molar-refractivity contribution in [3.8, 4) is 0 Å². The monoisotopic (exact) mass is 266 g/mol. The van der Waals surface area contributed by atoms with E-state index in [1.54, 1.807) is 6.07 Å². The van der Waals surface area contributed by atoms with E-state index in [9.17, 15) is 9.18 Å². The molecule has 0 heterocycles. The molecular weight excluding hydrogens is 243 g/mol. The minimum absolute atomic E-state index is 0.0320. The van der Waals surface area contributed by atoms with Crippen molar-refractivity contribution in [3.05, 3.63) is 35.6 Å². The molecule has 0 spiro atoms. The molecule has 0 saturated carbocycles. The van der Waals surface area contributed by atoms with Crippen molar-refractivity contribution in [1.82, 2.24) is 5.32 Å². The van der Waals surface area contributed by atoms with Gasteiger partial charge in [0.1, 0.15) is 5.82 Å². The van der Waals surface area contributed by atoms with E-state index in [-0.39, 0.29) is 23.7 Å². The predicted octanol–water partition coefficient (Wildman–Crippen LogP) is 2.25. The maximum atomic E-state index is 13.0. The zero-order valence-electron chi connectivity index (χ0n) is 11.7. The van der Waals surface area contributed by atoms with Gasteiger partial charge in [0.05, 0.1) is 0 Å². The van der Waals surface area contributed by atoms with Crippen molar-refractivity contribution in [1.29, 1.82) is 0 Å². The molecule has 1 amide bonds. The quantitative estimate of drug-likeness (QED) is 0.795. The number of hydrogen-bond donors (Lipinski definition) is 2. The summed E-state index contributed by atoms with van der Waals surface area (Å²) in [5.74, 6) is -0.00672. The Morgan fingerprint density at radius 2 is 2.16 bits per heavy atom. The van der Waals surface area contributed by atoms with Crippen LogP contribution in [0, 0.1) is 11.7 Å². The summed E-state index contributed by atoms with van der Waals surface area (Å²) < 4.78 is 13.0. The molecule has 0 bridgehead atoms. The number of benzene rings is 1. The van der Waals surface area contributed by atoms with Gasteiger partial charge < -0.3 is 11.1 Å². The molecule has 0 aliphatic heterocycles. The Kier molecular flexibility index (Phi) is 6.50. The summed E-state index contributed by atoms with van der Waals surface area (Å²) in [6.45, 7) is 4.53. The van der Waals surface area contributed by atoms with Crippen LogP contribution >= 0.6 is 0 Å². The smallest absolute Gasteiger partial charge is 0.220 e. The number of nitrogens with one attached hydrogen (secondary N) is 1. The number of amides is 1. The molecule has 1 rings (SSSR count). The van der Waals surface area contributed by atoms with Crippen LogP contribution in [0.3, 0.4) is 0 Å². The first-order valence-corrected chi connectivity index (χ1v) is 6.74. The summed E-state index contributed by atoms with van der Waals surface area (Å²) in [6.07, 6.45) is 1.94. The van der Waals surface area contributed by atoms with E-state index in [2.05, 4.69) is 5.32 Å². The van der Waals surface area contributed by atoms with Crippen LogP contribution in [0.4, 0.5) is 4.39 Å². The van der Waals surface area contributed by atoms with Gasteiger partial charge in [-0.1, -0.05) is 19.1 Å². The Hall–Kier alpha value is -1.42. The van der Waals surface area contributed by atoms with Gasteiger partial charge in [-0.3, -0.25) is 4.79 Å². The highest BCUT2D eigenvalue weighted by atomic mass is 19.1. The van der Waals surface area contributed by atoms with Gasteiger partial charge in [0.25, 0.3) is 0 Å². The fraction of sp³-hybridized carbons (Fsp3) is 0.533. The van der Waals surface area contributed by atoms with Crippen molar-refractivity contribution < 1.29 is 9.18 Å². The van der Waals surface area contributed by atoms with Crippen molar-refractivity contribution in [3.63, 3.8) is 0 Å². The molecule has 0 saturated heterocycles. The van der Waals surface area contributed by atoms with Crippen molar-refractivity contribution in [2.24, 2.45) is 11.7 Å². The number of carbonyl (C=O) groups excluding carboxylic acids is 1. The van der Waals surface area contributed by atoms with Gasteiger partial charge in [0, 0.05) is 19.0 Å². The van der Waals surface area contributed by atoms with Gasteiger partial charge in [-0.2, -0.15) is 0 Å². The number of nitrogens with two attached hydrogens (primary N) is 1. The van der Waals surface area contributed by atoms with Crippen LogP contribution in [0.2, 0.25) is 0 Å². The number of hydrogen-bond acceptors (Lipinski definition) is 2. The SMILES string of the molecule is CC(N)CCNC(=O)CC(C)Cc1cccc(F)c1. The van der Waals surface area contributed by atoms with E-state index in [0.717, 1.165) is 12.0 Å². The molecule has 2 atom stereocenters. The third kappa shape index (κ3) is 6.91. The lowest BCUT2D eigenvalue weighted by Gasteiger charge is -2.12. The van der Waals surface area contributed by atoms with Gasteiger partial charge in [0.15, 0.2) is 0 Å². The van der Waals surface area contributed by atoms with E-state index < -0.39 is 0 Å². The minimum Gasteiger partial charge on any atom is -0.356 e. The predicted molar refractivity (Wildman–Crippen MR) is 75.2 cm³/mol. The second-order valence-corrected chi connectivity index (χ2v) is 5.26. The molecule has 0 aromatic heterocycles. The van der Waals surface area contributed by atoms with E-state index in [4.69, 9.17) is 5.73 Å². The number of carbonyl (C=O) groups is 1. The molecule has 106 valence electrons. The zero-order valence-corrected chi connectivity index (χ0v) is 11.7. The first-order chi connectivity index (χ1) is 8.97. The summed E-state index contributed by atoms with van der Waals surface area (Å²) in [5.41, 5.74) is 6.54. The Morgan fingerprint density at radius 3 is 2.79 bits per heavy atom. The summed E-state index contributed by atoms with van der Waals surface area (Å²) in [5, 5.41) is 2.85. The lowest BCUT2D eigenvalue weighted by molar-refractivity contribution is -0.121. The van der Waals surface area contributed by atoms with Crippen molar-refractivity contribution in [2.45, 2.75) is 39.2 Å². The standard InChI is InChI=1S/C15H23FN2O/c1-11(8-13-4-3-5-14(16)10-13)9-15(19)18-7-6-12(2)17/h3-5,10-12H,6-9,17H2,1-2H3,(H,18,19). The molecule has 0 aliphatic rings. The molecular formula is C15H23FN2O. The fourth-order valence-corrected chi connectivity index (χ4v) is 1.97. The lowest BCUT2D eigenvalue weighted by atomic mass is 9.98. The third-order valence-electron chi connectivity index (χ3n) is 2.93. The molecule has 0 fully saturated rings. The van der Waals surface area contributed by atoms with E-state index in [1.807, 2.05) is 19.9 Å². The molecule has 1 aromatic carbocycles. The molecule has 4 heteroatoms. The summed E-state index contributed by atoms with van der Waals surface area (Å²) in [7, 11) is 0. The zero-order chi connectivity index (χ0) is 14.3. The van der Waals surface area contributed by atoms with Crippen molar-refractivity contribution in [2.75, 3.05) is 6.54 Å². The molecule has 19 heavy (non-hydrogen) atoms. The Bertz CT molecular complexity index is 407. The summed E-state index contributed by atoms with van der Waals surface area (Å²) in [4.78, 5) is 11.7. The Labute approximate surface area is 114 Å². The second-order valence-electron chi connectivity index (χ2n) is 5.26. The van der Waals surface area contributed by atoms with E-state index >= 15 is 0 Å². The Morgan fingerprint density at radius 1 is 1.42 bits per heavy atom. The first kappa shape index (κ1) is 15.6. The maximum Gasteiger partial charge on any atom is 0.220 e. The number of rotatable bonds is 7. The Balaban J connectivity index is 2.30. The topological polar surface area (TPSA) is 55.1 Å². The molecule has 3 nitrogen and oxygen atoms in total. The largest absolute Gasteiger partial charge is 0.356 e. The van der Waals surface area contributed by atoms with Crippen LogP contribution in [-0.2, 0) is 11.2 Å². The van der Waals surface area contributed by atoms with Gasteiger partial charge in [-0.05, 0) is 43.4 Å². The van der Waals surface area contributed by atoms with E-state index in [1.165, 1.54) is 12.1 Å². The molecule has 1 aromatic rings. The minimum atomic E-state index is -0.230. The summed E-state index contributed by atoms with van der Waals surface area (Å²) in [6, 6.07) is 6.62. The van der Waals surface area contributed by atoms with Gasteiger partial charge in [-0.15, -0.1) is 0 Å². The molecule has 2 unspecified atom stereocenters. The van der Waals surface area contributed by atoms with E-state index in [0.29, 0.717) is 19.4 Å². The normalized spacial score (nSPS) is 13.9. The van der Waals surface area contributed by atoms with Gasteiger partial charge >= 0.3 is 0 Å². The van der Waals surface area contributed by atoms with Gasteiger partial charge in [-0.25, -0.2) is 4.39 Å². The van der Waals surface area contributed by atoms with Crippen molar-refractivity contribution >= 4 is 5.91 Å². The average Bonchev–Trinajstić information content (AvgIpc) is 2.27. The van der Waals surface area contributed by atoms with Gasteiger partial charge in [0.2, 0.25) is 5.91 Å². The third-order valence-corrected chi connectivity index (χ3v) is 2.93. The first-order valence-electron chi connectivity index (χ1n) is 6.74. The van der Waals surface area contributed by atoms with Crippen LogP contribution in [0.5, 0.6) is 0 Å². The van der Waals surface area contributed by atoms with Crippen LogP contribution in [0.1, 0.15) is 32.3 Å². The second kappa shape index (κ2) is 7.89. The molecule has 3 N–H and O–H groups in total. The fourth-order valence-electron chi connectivity index (χ4n) is 1.97. The lowest BCUT2D eigenvalue weighted by Crippen LogP contribution is -2.30. The average molecular weight is 266 g/mol. The highest BCUT2D eigenvalue weighted by molar-refractivity contribution is 5.76. The number of halogens is 1.